The number of nitrogens with one attached hydrogen (secondary N) is 1. The van der Waals surface area contributed by atoms with E-state index in [4.69, 9.17) is 0 Å². The van der Waals surface area contributed by atoms with Gasteiger partial charge < -0.3 is 5.32 Å². The molecule has 0 aromatic heterocycles. The Morgan fingerprint density at radius 1 is 1.12 bits per heavy atom. The van der Waals surface area contributed by atoms with Crippen LogP contribution >= 0.6 is 0 Å². The largest absolute Gasteiger partial charge is 0.326 e. The number of ketones is 1. The lowest BCUT2D eigenvalue weighted by Crippen LogP contribution is -2.46. The lowest BCUT2D eigenvalue weighted by molar-refractivity contribution is -0.120. The number of amides is 1. The van der Waals surface area contributed by atoms with Gasteiger partial charge >= 0.3 is 0 Å². The van der Waals surface area contributed by atoms with Gasteiger partial charge in [-0.1, -0.05) is 0 Å². The third-order valence-corrected chi connectivity index (χ3v) is 6.11. The molecule has 1 amide bonds. The molecule has 0 spiro atoms. The third kappa shape index (κ3) is 4.19. The molecule has 0 bridgehead atoms. The molecule has 2 rings (SSSR count). The lowest BCUT2D eigenvalue weighted by Gasteiger charge is -2.32. The van der Waals surface area contributed by atoms with Gasteiger partial charge in [-0.05, 0) is 44.0 Å². The van der Waals surface area contributed by atoms with Crippen LogP contribution in [0.5, 0.6) is 0 Å². The number of benzene rings is 1. The number of piperidine rings is 1. The van der Waals surface area contributed by atoms with Gasteiger partial charge in [0.25, 0.3) is 10.2 Å². The van der Waals surface area contributed by atoms with E-state index in [1.807, 2.05) is 0 Å². The van der Waals surface area contributed by atoms with Crippen LogP contribution < -0.4 is 5.32 Å². The maximum atomic E-state index is 12.3. The van der Waals surface area contributed by atoms with Crippen LogP contribution in [-0.2, 0) is 15.0 Å². The average molecular weight is 353 g/mol. The Morgan fingerprint density at radius 2 is 1.67 bits per heavy atom. The van der Waals surface area contributed by atoms with Crippen molar-refractivity contribution in [2.24, 2.45) is 5.92 Å². The van der Waals surface area contributed by atoms with Crippen LogP contribution in [0.2, 0.25) is 0 Å². The summed E-state index contributed by atoms with van der Waals surface area (Å²) in [5.74, 6) is -0.360. The number of hydrogen-bond acceptors (Lipinski definition) is 4. The van der Waals surface area contributed by atoms with Crippen molar-refractivity contribution in [3.63, 3.8) is 0 Å². The zero-order chi connectivity index (χ0) is 17.9. The third-order valence-electron chi connectivity index (χ3n) is 4.17. The second-order valence-corrected chi connectivity index (χ2v) is 8.23. The van der Waals surface area contributed by atoms with E-state index in [1.165, 1.54) is 29.6 Å². The molecule has 7 nitrogen and oxygen atoms in total. The normalized spacial score (nSPS) is 17.0. The first-order valence-corrected chi connectivity index (χ1v) is 9.21. The minimum absolute atomic E-state index is 0.0256. The first-order valence-electron chi connectivity index (χ1n) is 7.81. The smallest absolute Gasteiger partial charge is 0.281 e. The summed E-state index contributed by atoms with van der Waals surface area (Å²) < 4.78 is 26.7. The SMILES string of the molecule is CC(=O)c1ccc(NC(=O)C2CCN(S(=O)(=O)N(C)C)CC2)cc1. The van der Waals surface area contributed by atoms with Crippen molar-refractivity contribution in [2.75, 3.05) is 32.5 Å². The summed E-state index contributed by atoms with van der Waals surface area (Å²) >= 11 is 0. The summed E-state index contributed by atoms with van der Waals surface area (Å²) in [4.78, 5) is 23.6. The zero-order valence-electron chi connectivity index (χ0n) is 14.2. The van der Waals surface area contributed by atoms with Crippen LogP contribution in [0.4, 0.5) is 5.69 Å². The molecule has 1 heterocycles. The van der Waals surface area contributed by atoms with Crippen molar-refractivity contribution in [1.29, 1.82) is 0 Å². The number of nitrogens with zero attached hydrogens (tertiary/aromatic N) is 2. The molecule has 0 atom stereocenters. The summed E-state index contributed by atoms with van der Waals surface area (Å²) in [7, 11) is -0.420. The van der Waals surface area contributed by atoms with E-state index < -0.39 is 10.2 Å². The van der Waals surface area contributed by atoms with E-state index in [9.17, 15) is 18.0 Å². The molecule has 1 aromatic carbocycles. The minimum atomic E-state index is -3.42. The molecule has 0 aliphatic carbocycles. The van der Waals surface area contributed by atoms with Crippen molar-refractivity contribution in [2.45, 2.75) is 19.8 Å². The molecule has 1 aromatic rings. The summed E-state index contributed by atoms with van der Waals surface area (Å²) in [5, 5.41) is 2.83. The molecule has 1 aliphatic rings. The van der Waals surface area contributed by atoms with E-state index in [1.54, 1.807) is 24.3 Å². The van der Waals surface area contributed by atoms with Gasteiger partial charge in [0.05, 0.1) is 0 Å². The second-order valence-electron chi connectivity index (χ2n) is 6.09. The summed E-state index contributed by atoms with van der Waals surface area (Å²) in [6, 6.07) is 6.73. The Kier molecular flexibility index (Phi) is 5.74. The van der Waals surface area contributed by atoms with Crippen molar-refractivity contribution in [3.05, 3.63) is 29.8 Å². The zero-order valence-corrected chi connectivity index (χ0v) is 15.0. The molecule has 132 valence electrons. The van der Waals surface area contributed by atoms with E-state index in [2.05, 4.69) is 5.32 Å². The van der Waals surface area contributed by atoms with E-state index >= 15 is 0 Å². The number of Topliss-reactive ketones (excluding diaryl/α,β-unsaturated/α-hetero) is 1. The van der Waals surface area contributed by atoms with Crippen LogP contribution in [0.3, 0.4) is 0 Å². The minimum Gasteiger partial charge on any atom is -0.326 e. The van der Waals surface area contributed by atoms with Crippen molar-refractivity contribution in [1.82, 2.24) is 8.61 Å². The molecule has 0 radical (unpaired) electrons. The first-order chi connectivity index (χ1) is 11.2. The predicted octanol–water partition coefficient (Wildman–Crippen LogP) is 1.35. The van der Waals surface area contributed by atoms with Gasteiger partial charge in [0.2, 0.25) is 5.91 Å². The highest BCUT2D eigenvalue weighted by molar-refractivity contribution is 7.86. The standard InChI is InChI=1S/C16H23N3O4S/c1-12(20)13-4-6-15(7-5-13)17-16(21)14-8-10-19(11-9-14)24(22,23)18(2)3/h4-7,14H,8-11H2,1-3H3,(H,17,21). The first kappa shape index (κ1) is 18.6. The quantitative estimate of drug-likeness (QED) is 0.810. The van der Waals surface area contributed by atoms with Gasteiger partial charge in [0, 0.05) is 44.4 Å². The summed E-state index contributed by atoms with van der Waals surface area (Å²) in [6.45, 7) is 2.16. The Morgan fingerprint density at radius 3 is 2.12 bits per heavy atom. The van der Waals surface area contributed by atoms with Crippen LogP contribution in [0.1, 0.15) is 30.1 Å². The van der Waals surface area contributed by atoms with Crippen LogP contribution in [0, 0.1) is 5.92 Å². The van der Waals surface area contributed by atoms with Gasteiger partial charge in [-0.25, -0.2) is 0 Å². The fourth-order valence-electron chi connectivity index (χ4n) is 2.61. The molecule has 1 fully saturated rings. The van der Waals surface area contributed by atoms with Crippen molar-refractivity contribution >= 4 is 27.6 Å². The van der Waals surface area contributed by atoms with E-state index in [0.29, 0.717) is 37.2 Å². The second kappa shape index (κ2) is 7.42. The highest BCUT2D eigenvalue weighted by Crippen LogP contribution is 2.22. The summed E-state index contributed by atoms with van der Waals surface area (Å²) in [6.07, 6.45) is 0.981. The maximum Gasteiger partial charge on any atom is 0.281 e. The van der Waals surface area contributed by atoms with Crippen LogP contribution in [0.15, 0.2) is 24.3 Å². The molecular formula is C16H23N3O4S. The number of anilines is 1. The number of carbonyl (C=O) groups excluding carboxylic acids is 2. The highest BCUT2D eigenvalue weighted by atomic mass is 32.2. The van der Waals surface area contributed by atoms with Gasteiger partial charge in [-0.2, -0.15) is 17.0 Å². The Hall–Kier alpha value is -1.77. The Balaban J connectivity index is 1.92. The number of carbonyl (C=O) groups is 2. The average Bonchev–Trinajstić information content (AvgIpc) is 2.55. The van der Waals surface area contributed by atoms with Gasteiger partial charge in [0.1, 0.15) is 0 Å². The van der Waals surface area contributed by atoms with E-state index in [-0.39, 0.29) is 17.6 Å². The van der Waals surface area contributed by atoms with Gasteiger partial charge in [-0.15, -0.1) is 0 Å². The molecular weight excluding hydrogens is 330 g/mol. The van der Waals surface area contributed by atoms with Crippen LogP contribution in [0.25, 0.3) is 0 Å². The monoisotopic (exact) mass is 353 g/mol. The highest BCUT2D eigenvalue weighted by Gasteiger charge is 2.32. The topological polar surface area (TPSA) is 86.8 Å². The van der Waals surface area contributed by atoms with Crippen molar-refractivity contribution in [3.8, 4) is 0 Å². The molecule has 8 heteroatoms. The maximum absolute atomic E-state index is 12.3. The Bertz CT molecular complexity index is 705. The molecule has 0 saturated carbocycles. The fraction of sp³-hybridized carbons (Fsp3) is 0.500. The molecule has 24 heavy (non-hydrogen) atoms. The van der Waals surface area contributed by atoms with Gasteiger partial charge in [0.15, 0.2) is 5.78 Å². The lowest BCUT2D eigenvalue weighted by atomic mass is 9.97. The van der Waals surface area contributed by atoms with Crippen LogP contribution in [-0.4, -0.2) is 55.9 Å². The fourth-order valence-corrected chi connectivity index (χ4v) is 3.75. The predicted molar refractivity (Wildman–Crippen MR) is 92.0 cm³/mol. The molecule has 0 unspecified atom stereocenters. The number of hydrogen-bond donors (Lipinski definition) is 1. The van der Waals surface area contributed by atoms with Crippen molar-refractivity contribution < 1.29 is 18.0 Å². The van der Waals surface area contributed by atoms with Gasteiger partial charge in [-0.3, -0.25) is 9.59 Å². The molecule has 1 N–H and O–H groups in total. The molecule has 1 saturated heterocycles. The summed E-state index contributed by atoms with van der Waals surface area (Å²) in [5.41, 5.74) is 1.23. The Labute approximate surface area is 142 Å². The number of rotatable bonds is 5. The molecule has 1 aliphatic heterocycles. The van der Waals surface area contributed by atoms with E-state index in [0.717, 1.165) is 0 Å².